The smallest absolute Gasteiger partial charge is 0.123 e. The van der Waals surface area contributed by atoms with Crippen molar-refractivity contribution in [3.8, 4) is 0 Å². The Morgan fingerprint density at radius 2 is 2.11 bits per heavy atom. The fourth-order valence-electron chi connectivity index (χ4n) is 2.37. The van der Waals surface area contributed by atoms with Crippen LogP contribution in [0.4, 0.5) is 4.39 Å². The van der Waals surface area contributed by atoms with Crippen LogP contribution in [0.1, 0.15) is 30.9 Å². The summed E-state index contributed by atoms with van der Waals surface area (Å²) in [6.45, 7) is 4.05. The summed E-state index contributed by atoms with van der Waals surface area (Å²) in [6, 6.07) is 4.49. The van der Waals surface area contributed by atoms with E-state index in [1.807, 2.05) is 6.92 Å². The van der Waals surface area contributed by atoms with Gasteiger partial charge in [0.1, 0.15) is 10.8 Å². The summed E-state index contributed by atoms with van der Waals surface area (Å²) < 4.78 is 13.3. The van der Waals surface area contributed by atoms with Crippen molar-refractivity contribution in [2.24, 2.45) is 5.73 Å². The Morgan fingerprint density at radius 3 is 2.68 bits per heavy atom. The number of halogens is 1. The number of hydrogen-bond donors (Lipinski definition) is 2. The lowest BCUT2D eigenvalue weighted by atomic mass is 9.93. The van der Waals surface area contributed by atoms with Crippen molar-refractivity contribution in [1.82, 2.24) is 4.90 Å². The lowest BCUT2D eigenvalue weighted by molar-refractivity contribution is -0.00732. The van der Waals surface area contributed by atoms with E-state index in [0.717, 1.165) is 37.1 Å². The zero-order valence-corrected chi connectivity index (χ0v) is 11.8. The average Bonchev–Trinajstić information content (AvgIpc) is 2.31. The number of aliphatic hydroxyl groups is 1. The number of rotatable bonds is 3. The van der Waals surface area contributed by atoms with Crippen LogP contribution in [0.2, 0.25) is 0 Å². The maximum atomic E-state index is 13.3. The summed E-state index contributed by atoms with van der Waals surface area (Å²) in [5, 5.41) is 9.92. The summed E-state index contributed by atoms with van der Waals surface area (Å²) in [4.78, 5) is 2.48. The molecule has 1 heterocycles. The first-order chi connectivity index (χ1) is 8.87. The summed E-state index contributed by atoms with van der Waals surface area (Å²) in [5.74, 6) is -0.279. The van der Waals surface area contributed by atoms with Crippen molar-refractivity contribution < 1.29 is 9.50 Å². The zero-order chi connectivity index (χ0) is 14.0. The molecule has 1 fully saturated rings. The molecule has 1 aliphatic rings. The van der Waals surface area contributed by atoms with Gasteiger partial charge in [0.05, 0.1) is 5.60 Å². The maximum absolute atomic E-state index is 13.3. The van der Waals surface area contributed by atoms with E-state index in [2.05, 4.69) is 4.90 Å². The van der Waals surface area contributed by atoms with Crippen molar-refractivity contribution in [3.63, 3.8) is 0 Å². The van der Waals surface area contributed by atoms with E-state index in [1.165, 1.54) is 12.1 Å². The van der Waals surface area contributed by atoms with Crippen LogP contribution in [-0.2, 0) is 6.54 Å². The Morgan fingerprint density at radius 1 is 1.47 bits per heavy atom. The van der Waals surface area contributed by atoms with Crippen LogP contribution in [0.5, 0.6) is 0 Å². The van der Waals surface area contributed by atoms with Crippen LogP contribution in [0, 0.1) is 5.82 Å². The molecule has 2 rings (SSSR count). The number of hydrogen-bond acceptors (Lipinski definition) is 3. The van der Waals surface area contributed by atoms with E-state index >= 15 is 0 Å². The molecular weight excluding hydrogens is 263 g/mol. The van der Waals surface area contributed by atoms with E-state index < -0.39 is 5.60 Å². The molecule has 0 spiro atoms. The highest BCUT2D eigenvalue weighted by atomic mass is 32.1. The maximum Gasteiger partial charge on any atom is 0.123 e. The highest BCUT2D eigenvalue weighted by Gasteiger charge is 2.27. The highest BCUT2D eigenvalue weighted by Crippen LogP contribution is 2.23. The first kappa shape index (κ1) is 14.4. The Bertz CT molecular complexity index is 480. The lowest BCUT2D eigenvalue weighted by Gasteiger charge is -2.36. The molecule has 3 nitrogen and oxygen atoms in total. The minimum atomic E-state index is -0.579. The van der Waals surface area contributed by atoms with Crippen molar-refractivity contribution in [1.29, 1.82) is 0 Å². The standard InChI is InChI=1S/C14H19FN2OS/c1-14(18)4-6-17(7-5-14)9-10-8-11(15)2-3-12(10)13(16)19/h2-3,8,18H,4-7,9H2,1H3,(H2,16,19). The summed E-state index contributed by atoms with van der Waals surface area (Å²) in [5.41, 5.74) is 6.63. The fraction of sp³-hybridized carbons (Fsp3) is 0.500. The van der Waals surface area contributed by atoms with Gasteiger partial charge in [-0.2, -0.15) is 0 Å². The Hall–Kier alpha value is -1.04. The second-order valence-electron chi connectivity index (χ2n) is 5.44. The van der Waals surface area contributed by atoms with E-state index in [1.54, 1.807) is 6.07 Å². The van der Waals surface area contributed by atoms with Crippen molar-refractivity contribution in [3.05, 3.63) is 35.1 Å². The van der Waals surface area contributed by atoms with E-state index in [-0.39, 0.29) is 5.82 Å². The molecule has 104 valence electrons. The van der Waals surface area contributed by atoms with Gasteiger partial charge in [0, 0.05) is 25.2 Å². The first-order valence-corrected chi connectivity index (χ1v) is 6.81. The summed E-state index contributed by atoms with van der Waals surface area (Å²) >= 11 is 4.99. The third-order valence-corrected chi connectivity index (χ3v) is 3.88. The van der Waals surface area contributed by atoms with Gasteiger partial charge in [-0.25, -0.2) is 4.39 Å². The van der Waals surface area contributed by atoms with E-state index in [0.29, 0.717) is 11.5 Å². The highest BCUT2D eigenvalue weighted by molar-refractivity contribution is 7.80. The molecule has 5 heteroatoms. The quantitative estimate of drug-likeness (QED) is 0.830. The van der Waals surface area contributed by atoms with Gasteiger partial charge >= 0.3 is 0 Å². The van der Waals surface area contributed by atoms with E-state index in [9.17, 15) is 9.50 Å². The van der Waals surface area contributed by atoms with Crippen LogP contribution in [-0.4, -0.2) is 33.7 Å². The van der Waals surface area contributed by atoms with Gasteiger partial charge in [-0.15, -0.1) is 0 Å². The molecule has 0 radical (unpaired) electrons. The molecule has 0 unspecified atom stereocenters. The third kappa shape index (κ3) is 3.72. The molecule has 0 atom stereocenters. The van der Waals surface area contributed by atoms with Gasteiger partial charge in [-0.05, 0) is 43.5 Å². The lowest BCUT2D eigenvalue weighted by Crippen LogP contribution is -2.42. The fourth-order valence-corrected chi connectivity index (χ4v) is 2.57. The Balaban J connectivity index is 2.11. The molecule has 0 amide bonds. The van der Waals surface area contributed by atoms with Crippen LogP contribution >= 0.6 is 12.2 Å². The third-order valence-electron chi connectivity index (χ3n) is 3.66. The summed E-state index contributed by atoms with van der Waals surface area (Å²) in [6.07, 6.45) is 1.45. The van der Waals surface area contributed by atoms with Gasteiger partial charge in [0.15, 0.2) is 0 Å². The number of nitrogens with two attached hydrogens (primary N) is 1. The van der Waals surface area contributed by atoms with Crippen LogP contribution in [0.25, 0.3) is 0 Å². The van der Waals surface area contributed by atoms with Crippen LogP contribution in [0.3, 0.4) is 0 Å². The molecule has 3 N–H and O–H groups in total. The topological polar surface area (TPSA) is 49.5 Å². The normalized spacial score (nSPS) is 19.3. The van der Waals surface area contributed by atoms with Gasteiger partial charge in [0.25, 0.3) is 0 Å². The first-order valence-electron chi connectivity index (χ1n) is 6.40. The molecule has 1 aliphatic heterocycles. The molecule has 19 heavy (non-hydrogen) atoms. The second kappa shape index (κ2) is 5.53. The average molecular weight is 282 g/mol. The van der Waals surface area contributed by atoms with Gasteiger partial charge in [0.2, 0.25) is 0 Å². The predicted molar refractivity (Wildman–Crippen MR) is 77.4 cm³/mol. The second-order valence-corrected chi connectivity index (χ2v) is 5.88. The van der Waals surface area contributed by atoms with Gasteiger partial charge in [-0.3, -0.25) is 4.90 Å². The molecule has 1 aromatic rings. The molecule has 1 aromatic carbocycles. The molecule has 0 bridgehead atoms. The van der Waals surface area contributed by atoms with Crippen molar-refractivity contribution in [2.75, 3.05) is 13.1 Å². The van der Waals surface area contributed by atoms with E-state index in [4.69, 9.17) is 18.0 Å². The monoisotopic (exact) mass is 282 g/mol. The predicted octanol–water partition coefficient (Wildman–Crippen LogP) is 1.81. The Labute approximate surface area is 118 Å². The largest absolute Gasteiger partial charge is 0.390 e. The van der Waals surface area contributed by atoms with Crippen LogP contribution in [0.15, 0.2) is 18.2 Å². The van der Waals surface area contributed by atoms with Gasteiger partial charge < -0.3 is 10.8 Å². The summed E-state index contributed by atoms with van der Waals surface area (Å²) in [7, 11) is 0. The molecule has 0 aromatic heterocycles. The number of nitrogens with zero attached hydrogens (tertiary/aromatic N) is 1. The number of thiocarbonyl (C=S) groups is 1. The molecule has 1 saturated heterocycles. The number of benzene rings is 1. The minimum Gasteiger partial charge on any atom is -0.390 e. The Kier molecular flexibility index (Phi) is 4.18. The number of piperidine rings is 1. The molecule has 0 aliphatic carbocycles. The molecular formula is C14H19FN2OS. The van der Waals surface area contributed by atoms with Crippen LogP contribution < -0.4 is 5.73 Å². The minimum absolute atomic E-state index is 0.279. The molecule has 0 saturated carbocycles. The van der Waals surface area contributed by atoms with Crippen molar-refractivity contribution in [2.45, 2.75) is 31.9 Å². The van der Waals surface area contributed by atoms with Crippen molar-refractivity contribution >= 4 is 17.2 Å². The van der Waals surface area contributed by atoms with Gasteiger partial charge in [-0.1, -0.05) is 12.2 Å². The zero-order valence-electron chi connectivity index (χ0n) is 11.0. The SMILES string of the molecule is CC1(O)CCN(Cc2cc(F)ccc2C(N)=S)CC1. The number of likely N-dealkylation sites (tertiary alicyclic amines) is 1.